The number of nitrogens with zero attached hydrogens (tertiary/aromatic N) is 4. The molecule has 0 aliphatic heterocycles. The van der Waals surface area contributed by atoms with E-state index in [4.69, 9.17) is 0 Å². The molecule has 0 spiro atoms. The monoisotopic (exact) mass is 528 g/mol. The lowest BCUT2D eigenvalue weighted by molar-refractivity contribution is 0.101. The van der Waals surface area contributed by atoms with Crippen LogP contribution in [0.25, 0.3) is 11.1 Å². The third-order valence-electron chi connectivity index (χ3n) is 6.36. The maximum atomic E-state index is 12.9. The Balaban J connectivity index is 1.48. The predicted molar refractivity (Wildman–Crippen MR) is 159 cm³/mol. The lowest BCUT2D eigenvalue weighted by Gasteiger charge is -2.15. The molecular weight excluding hydrogens is 500 g/mol. The zero-order valence-electron chi connectivity index (χ0n) is 22.7. The molecule has 8 nitrogen and oxygen atoms in total. The summed E-state index contributed by atoms with van der Waals surface area (Å²) in [7, 11) is 7.58. The Morgan fingerprint density at radius 2 is 1.20 bits per heavy atom. The molecular formula is C32H28N6O2. The summed E-state index contributed by atoms with van der Waals surface area (Å²) in [6, 6.07) is 28.8. The van der Waals surface area contributed by atoms with Crippen LogP contribution in [0, 0.1) is 22.7 Å². The number of hydrogen-bond acceptors (Lipinski definition) is 6. The fraction of sp³-hybridized carbons (Fsp3) is 0.125. The van der Waals surface area contributed by atoms with Gasteiger partial charge in [-0.15, -0.1) is 0 Å². The molecule has 8 heteroatoms. The number of benzene rings is 4. The van der Waals surface area contributed by atoms with Gasteiger partial charge in [-0.25, -0.2) is 0 Å². The van der Waals surface area contributed by atoms with Crippen LogP contribution in [0.15, 0.2) is 84.9 Å². The number of hydrogen-bond donors (Lipinski definition) is 2. The van der Waals surface area contributed by atoms with Crippen LogP contribution in [0.3, 0.4) is 0 Å². The van der Waals surface area contributed by atoms with Crippen LogP contribution >= 0.6 is 0 Å². The highest BCUT2D eigenvalue weighted by Gasteiger charge is 2.14. The molecule has 4 rings (SSSR count). The molecule has 0 fully saturated rings. The zero-order valence-corrected chi connectivity index (χ0v) is 22.7. The number of nitrogens with one attached hydrogen (secondary N) is 2. The first-order chi connectivity index (χ1) is 19.2. The number of carbonyl (C=O) groups excluding carboxylic acids is 2. The van der Waals surface area contributed by atoms with Crippen molar-refractivity contribution in [3.8, 4) is 23.3 Å². The molecule has 0 saturated carbocycles. The lowest BCUT2D eigenvalue weighted by atomic mass is 9.97. The highest BCUT2D eigenvalue weighted by Crippen LogP contribution is 2.27. The lowest BCUT2D eigenvalue weighted by Crippen LogP contribution is -2.14. The summed E-state index contributed by atoms with van der Waals surface area (Å²) < 4.78 is 0. The number of anilines is 4. The fourth-order valence-corrected chi connectivity index (χ4v) is 4.17. The van der Waals surface area contributed by atoms with Crippen molar-refractivity contribution in [1.29, 1.82) is 10.5 Å². The Morgan fingerprint density at radius 3 is 1.80 bits per heavy atom. The van der Waals surface area contributed by atoms with E-state index < -0.39 is 5.91 Å². The van der Waals surface area contributed by atoms with Crippen LogP contribution in [0.4, 0.5) is 22.7 Å². The van der Waals surface area contributed by atoms with Crippen LogP contribution in [0.1, 0.15) is 31.8 Å². The van der Waals surface area contributed by atoms with Gasteiger partial charge in [-0.1, -0.05) is 18.2 Å². The summed E-state index contributed by atoms with van der Waals surface area (Å²) in [5, 5.41) is 24.9. The average molecular weight is 529 g/mol. The van der Waals surface area contributed by atoms with Gasteiger partial charge in [-0.2, -0.15) is 10.5 Å². The van der Waals surface area contributed by atoms with Crippen LogP contribution in [-0.2, 0) is 0 Å². The highest BCUT2D eigenvalue weighted by molar-refractivity contribution is 6.06. The minimum Gasteiger partial charge on any atom is -0.378 e. The molecule has 0 aliphatic rings. The maximum absolute atomic E-state index is 12.9. The van der Waals surface area contributed by atoms with Crippen LogP contribution in [-0.4, -0.2) is 40.0 Å². The molecule has 0 bridgehead atoms. The smallest absolute Gasteiger partial charge is 0.255 e. The molecule has 4 aromatic rings. The zero-order chi connectivity index (χ0) is 28.8. The van der Waals surface area contributed by atoms with Gasteiger partial charge in [0.1, 0.15) is 6.07 Å². The molecule has 0 unspecified atom stereocenters. The van der Waals surface area contributed by atoms with E-state index in [1.54, 1.807) is 54.6 Å². The second-order valence-corrected chi connectivity index (χ2v) is 9.54. The van der Waals surface area contributed by atoms with E-state index in [2.05, 4.69) is 22.8 Å². The van der Waals surface area contributed by atoms with Crippen molar-refractivity contribution >= 4 is 34.6 Å². The topological polar surface area (TPSA) is 112 Å². The van der Waals surface area contributed by atoms with E-state index in [0.29, 0.717) is 39.2 Å². The van der Waals surface area contributed by atoms with E-state index in [1.165, 1.54) is 6.07 Å². The van der Waals surface area contributed by atoms with Crippen molar-refractivity contribution in [1.82, 2.24) is 0 Å². The van der Waals surface area contributed by atoms with Gasteiger partial charge in [0.2, 0.25) is 0 Å². The summed E-state index contributed by atoms with van der Waals surface area (Å²) in [5.41, 5.74) is 5.90. The Bertz CT molecular complexity index is 1640. The van der Waals surface area contributed by atoms with Crippen LogP contribution < -0.4 is 20.4 Å². The molecule has 0 aromatic heterocycles. The minimum atomic E-state index is -0.393. The summed E-state index contributed by atoms with van der Waals surface area (Å²) in [4.78, 5) is 29.4. The molecule has 0 aliphatic carbocycles. The standard InChI is InChI=1S/C32H28N6O2/c1-37(2)28-13-10-26(11-14-28)35-31(39)22-7-5-21(6-8-22)29-15-9-23(17-24(29)19-33)32(40)36-27-12-16-30(38(3)4)25(18-27)20-34/h5-18H,1-4H3,(H,35,39)(H,36,40). The molecule has 0 radical (unpaired) electrons. The molecule has 2 amide bonds. The van der Waals surface area contributed by atoms with Crippen LogP contribution in [0.5, 0.6) is 0 Å². The van der Waals surface area contributed by atoms with Gasteiger partial charge in [-0.3, -0.25) is 9.59 Å². The molecule has 198 valence electrons. The van der Waals surface area contributed by atoms with E-state index in [0.717, 1.165) is 16.9 Å². The van der Waals surface area contributed by atoms with Crippen molar-refractivity contribution in [2.24, 2.45) is 0 Å². The Morgan fingerprint density at radius 1 is 0.625 bits per heavy atom. The molecule has 2 N–H and O–H groups in total. The Kier molecular flexibility index (Phi) is 8.13. The molecule has 4 aromatic carbocycles. The predicted octanol–water partition coefficient (Wildman–Crippen LogP) is 5.73. The van der Waals surface area contributed by atoms with Crippen LogP contribution in [0.2, 0.25) is 0 Å². The summed E-state index contributed by atoms with van der Waals surface area (Å²) in [5.74, 6) is -0.634. The largest absolute Gasteiger partial charge is 0.378 e. The molecule has 0 atom stereocenters. The Hall–Kier alpha value is -5.60. The number of rotatable bonds is 7. The van der Waals surface area contributed by atoms with E-state index in [1.807, 2.05) is 62.3 Å². The van der Waals surface area contributed by atoms with E-state index in [9.17, 15) is 20.1 Å². The fourth-order valence-electron chi connectivity index (χ4n) is 4.17. The minimum absolute atomic E-state index is 0.241. The first-order valence-electron chi connectivity index (χ1n) is 12.5. The number of nitriles is 2. The quantitative estimate of drug-likeness (QED) is 0.317. The molecule has 0 heterocycles. The summed E-state index contributed by atoms with van der Waals surface area (Å²) in [6.07, 6.45) is 0. The maximum Gasteiger partial charge on any atom is 0.255 e. The van der Waals surface area contributed by atoms with E-state index in [-0.39, 0.29) is 5.91 Å². The number of amides is 2. The first kappa shape index (κ1) is 27.4. The summed E-state index contributed by atoms with van der Waals surface area (Å²) in [6.45, 7) is 0. The van der Waals surface area contributed by atoms with E-state index >= 15 is 0 Å². The molecule has 0 saturated heterocycles. The van der Waals surface area contributed by atoms with Crippen molar-refractivity contribution < 1.29 is 9.59 Å². The van der Waals surface area contributed by atoms with Crippen molar-refractivity contribution in [3.63, 3.8) is 0 Å². The Labute approximate surface area is 233 Å². The first-order valence-corrected chi connectivity index (χ1v) is 12.5. The van der Waals surface area contributed by atoms with Gasteiger partial charge < -0.3 is 20.4 Å². The van der Waals surface area contributed by atoms with Gasteiger partial charge >= 0.3 is 0 Å². The third kappa shape index (κ3) is 6.09. The van der Waals surface area contributed by atoms with Gasteiger partial charge in [0.05, 0.1) is 22.9 Å². The summed E-state index contributed by atoms with van der Waals surface area (Å²) >= 11 is 0. The normalized spacial score (nSPS) is 10.2. The highest BCUT2D eigenvalue weighted by atomic mass is 16.2. The van der Waals surface area contributed by atoms with Gasteiger partial charge in [0.15, 0.2) is 0 Å². The third-order valence-corrected chi connectivity index (χ3v) is 6.36. The second-order valence-electron chi connectivity index (χ2n) is 9.54. The van der Waals surface area contributed by atoms with Crippen molar-refractivity contribution in [2.45, 2.75) is 0 Å². The van der Waals surface area contributed by atoms with Crippen molar-refractivity contribution in [2.75, 3.05) is 48.6 Å². The second kappa shape index (κ2) is 11.8. The average Bonchev–Trinajstić information content (AvgIpc) is 2.96. The van der Waals surface area contributed by atoms with Gasteiger partial charge in [-0.05, 0) is 77.9 Å². The number of carbonyl (C=O) groups is 2. The molecule has 40 heavy (non-hydrogen) atoms. The van der Waals surface area contributed by atoms with Gasteiger partial charge in [0, 0.05) is 56.4 Å². The SMILES string of the molecule is CN(C)c1ccc(NC(=O)c2ccc(-c3ccc(C(=O)Nc4ccc(N(C)C)c(C#N)c4)cc3C#N)cc2)cc1. The van der Waals surface area contributed by atoms with Crippen molar-refractivity contribution in [3.05, 3.63) is 107 Å². The van der Waals surface area contributed by atoms with Gasteiger partial charge in [0.25, 0.3) is 11.8 Å².